The molecule has 0 spiro atoms. The first-order valence-electron chi connectivity index (χ1n) is 10.1. The molecular formula is C23H22N4O3. The van der Waals surface area contributed by atoms with Crippen molar-refractivity contribution >= 4 is 28.7 Å². The molecule has 0 radical (unpaired) electrons. The SMILES string of the molecule is O=C(C=Cc1ccccc1)N1CCN(c2ncnc3cc4c(cc23)OCCO4)CC1. The number of hydrogen-bond acceptors (Lipinski definition) is 6. The predicted octanol–water partition coefficient (Wildman–Crippen LogP) is 2.76. The molecule has 2 aromatic carbocycles. The average Bonchev–Trinajstić information content (AvgIpc) is 2.81. The Morgan fingerprint density at radius 2 is 1.67 bits per heavy atom. The van der Waals surface area contributed by atoms with Gasteiger partial charge in [0.25, 0.3) is 0 Å². The number of hydrogen-bond donors (Lipinski definition) is 0. The normalized spacial score (nSPS) is 16.3. The molecule has 7 heteroatoms. The van der Waals surface area contributed by atoms with Crippen LogP contribution >= 0.6 is 0 Å². The van der Waals surface area contributed by atoms with Crippen molar-refractivity contribution in [3.63, 3.8) is 0 Å². The minimum Gasteiger partial charge on any atom is -0.486 e. The second-order valence-electron chi connectivity index (χ2n) is 7.27. The van der Waals surface area contributed by atoms with Gasteiger partial charge in [-0.05, 0) is 17.7 Å². The summed E-state index contributed by atoms with van der Waals surface area (Å²) in [5, 5.41) is 0.936. The first-order valence-corrected chi connectivity index (χ1v) is 10.1. The summed E-state index contributed by atoms with van der Waals surface area (Å²) in [6.07, 6.45) is 5.08. The van der Waals surface area contributed by atoms with Crippen LogP contribution in [0.3, 0.4) is 0 Å². The van der Waals surface area contributed by atoms with E-state index in [1.54, 1.807) is 12.4 Å². The number of nitrogens with zero attached hydrogens (tertiary/aromatic N) is 4. The molecule has 1 saturated heterocycles. The molecule has 3 aromatic rings. The molecule has 1 fully saturated rings. The van der Waals surface area contributed by atoms with E-state index < -0.39 is 0 Å². The highest BCUT2D eigenvalue weighted by atomic mass is 16.6. The van der Waals surface area contributed by atoms with Crippen molar-refractivity contribution in [2.75, 3.05) is 44.3 Å². The zero-order valence-electron chi connectivity index (χ0n) is 16.5. The first-order chi connectivity index (χ1) is 14.8. The molecule has 0 unspecified atom stereocenters. The second kappa shape index (κ2) is 8.02. The maximum atomic E-state index is 12.6. The highest BCUT2D eigenvalue weighted by Crippen LogP contribution is 2.36. The van der Waals surface area contributed by atoms with E-state index >= 15 is 0 Å². The molecule has 5 rings (SSSR count). The lowest BCUT2D eigenvalue weighted by molar-refractivity contribution is -0.126. The van der Waals surface area contributed by atoms with Gasteiger partial charge in [-0.2, -0.15) is 0 Å². The highest BCUT2D eigenvalue weighted by molar-refractivity contribution is 5.93. The van der Waals surface area contributed by atoms with Crippen molar-refractivity contribution in [2.45, 2.75) is 0 Å². The molecule has 0 bridgehead atoms. The average molecular weight is 402 g/mol. The quantitative estimate of drug-likeness (QED) is 0.628. The summed E-state index contributed by atoms with van der Waals surface area (Å²) in [5.41, 5.74) is 1.85. The summed E-state index contributed by atoms with van der Waals surface area (Å²) in [6.45, 7) is 3.81. The van der Waals surface area contributed by atoms with E-state index in [0.717, 1.165) is 33.8 Å². The molecule has 0 aliphatic carbocycles. The topological polar surface area (TPSA) is 67.8 Å². The highest BCUT2D eigenvalue weighted by Gasteiger charge is 2.23. The minimum atomic E-state index is 0.0330. The third-order valence-corrected chi connectivity index (χ3v) is 5.39. The lowest BCUT2D eigenvalue weighted by Crippen LogP contribution is -2.48. The molecule has 7 nitrogen and oxygen atoms in total. The van der Waals surface area contributed by atoms with E-state index in [1.165, 1.54) is 0 Å². The summed E-state index contributed by atoms with van der Waals surface area (Å²) in [6, 6.07) is 13.7. The molecule has 2 aliphatic heterocycles. The number of ether oxygens (including phenoxy) is 2. The lowest BCUT2D eigenvalue weighted by atomic mass is 10.1. The number of rotatable bonds is 3. The fourth-order valence-electron chi connectivity index (χ4n) is 3.81. The largest absolute Gasteiger partial charge is 0.486 e. The molecule has 1 amide bonds. The van der Waals surface area contributed by atoms with E-state index in [4.69, 9.17) is 9.47 Å². The number of piperazine rings is 1. The summed E-state index contributed by atoms with van der Waals surface area (Å²) in [4.78, 5) is 25.5. The van der Waals surface area contributed by atoms with Gasteiger partial charge in [0.2, 0.25) is 5.91 Å². The van der Waals surface area contributed by atoms with Crippen molar-refractivity contribution in [3.05, 3.63) is 60.4 Å². The van der Waals surface area contributed by atoms with Crippen molar-refractivity contribution in [3.8, 4) is 11.5 Å². The van der Waals surface area contributed by atoms with E-state index in [-0.39, 0.29) is 5.91 Å². The van der Waals surface area contributed by atoms with Crippen LogP contribution in [0.25, 0.3) is 17.0 Å². The minimum absolute atomic E-state index is 0.0330. The van der Waals surface area contributed by atoms with Crippen LogP contribution in [0.5, 0.6) is 11.5 Å². The molecule has 0 N–H and O–H groups in total. The number of anilines is 1. The Bertz CT molecular complexity index is 1090. The van der Waals surface area contributed by atoms with Gasteiger partial charge < -0.3 is 19.3 Å². The van der Waals surface area contributed by atoms with Crippen LogP contribution in [-0.2, 0) is 4.79 Å². The Balaban J connectivity index is 1.30. The number of amides is 1. The maximum Gasteiger partial charge on any atom is 0.246 e. The Hall–Kier alpha value is -3.61. The van der Waals surface area contributed by atoms with Gasteiger partial charge in [-0.15, -0.1) is 0 Å². The standard InChI is InChI=1S/C23H22N4O3/c28-22(7-6-17-4-2-1-3-5-17)26-8-10-27(11-9-26)23-18-14-20-21(30-13-12-29-20)15-19(18)24-16-25-23/h1-7,14-16H,8-13H2. The zero-order chi connectivity index (χ0) is 20.3. The monoisotopic (exact) mass is 402 g/mol. The van der Waals surface area contributed by atoms with Gasteiger partial charge in [0.15, 0.2) is 11.5 Å². The van der Waals surface area contributed by atoms with E-state index in [2.05, 4.69) is 14.9 Å². The maximum absolute atomic E-state index is 12.6. The van der Waals surface area contributed by atoms with Crippen LogP contribution in [0.1, 0.15) is 5.56 Å². The van der Waals surface area contributed by atoms with Crippen LogP contribution in [-0.4, -0.2) is 60.2 Å². The molecular weight excluding hydrogens is 380 g/mol. The first kappa shape index (κ1) is 18.4. The van der Waals surface area contributed by atoms with Crippen LogP contribution in [0, 0.1) is 0 Å². The van der Waals surface area contributed by atoms with Gasteiger partial charge in [0, 0.05) is 43.7 Å². The summed E-state index contributed by atoms with van der Waals surface area (Å²) < 4.78 is 11.4. The number of fused-ring (bicyclic) bond motifs is 2. The Kier molecular flexibility index (Phi) is 4.93. The van der Waals surface area contributed by atoms with Gasteiger partial charge in [-0.3, -0.25) is 4.79 Å². The van der Waals surface area contributed by atoms with Crippen molar-refractivity contribution in [1.82, 2.24) is 14.9 Å². The van der Waals surface area contributed by atoms with Crippen molar-refractivity contribution in [2.24, 2.45) is 0 Å². The van der Waals surface area contributed by atoms with Crippen molar-refractivity contribution in [1.29, 1.82) is 0 Å². The Morgan fingerprint density at radius 1 is 0.933 bits per heavy atom. The smallest absolute Gasteiger partial charge is 0.246 e. The summed E-state index contributed by atoms with van der Waals surface area (Å²) in [5.74, 6) is 2.35. The van der Waals surface area contributed by atoms with Gasteiger partial charge >= 0.3 is 0 Å². The third-order valence-electron chi connectivity index (χ3n) is 5.39. The summed E-state index contributed by atoms with van der Waals surface area (Å²) >= 11 is 0. The number of benzene rings is 2. The van der Waals surface area contributed by atoms with E-state index in [0.29, 0.717) is 39.4 Å². The Labute approximate surface area is 174 Å². The van der Waals surface area contributed by atoms with Crippen LogP contribution < -0.4 is 14.4 Å². The van der Waals surface area contributed by atoms with E-state index in [9.17, 15) is 4.79 Å². The molecule has 152 valence electrons. The lowest BCUT2D eigenvalue weighted by Gasteiger charge is -2.35. The molecule has 3 heterocycles. The molecule has 0 atom stereocenters. The van der Waals surface area contributed by atoms with Gasteiger partial charge in [-0.1, -0.05) is 30.3 Å². The fourth-order valence-corrected chi connectivity index (χ4v) is 3.81. The second-order valence-corrected chi connectivity index (χ2v) is 7.27. The molecule has 0 saturated carbocycles. The van der Waals surface area contributed by atoms with Crippen LogP contribution in [0.15, 0.2) is 54.9 Å². The van der Waals surface area contributed by atoms with Gasteiger partial charge in [-0.25, -0.2) is 9.97 Å². The fraction of sp³-hybridized carbons (Fsp3) is 0.261. The zero-order valence-corrected chi connectivity index (χ0v) is 16.5. The van der Waals surface area contributed by atoms with E-state index in [1.807, 2.05) is 53.4 Å². The van der Waals surface area contributed by atoms with Crippen molar-refractivity contribution < 1.29 is 14.3 Å². The predicted molar refractivity (Wildman–Crippen MR) is 115 cm³/mol. The molecule has 30 heavy (non-hydrogen) atoms. The molecule has 1 aromatic heterocycles. The number of aromatic nitrogens is 2. The third kappa shape index (κ3) is 3.66. The molecule has 2 aliphatic rings. The number of carbonyl (C=O) groups excluding carboxylic acids is 1. The Morgan fingerprint density at radius 3 is 2.43 bits per heavy atom. The van der Waals surface area contributed by atoms with Crippen LogP contribution in [0.2, 0.25) is 0 Å². The van der Waals surface area contributed by atoms with Gasteiger partial charge in [0.1, 0.15) is 25.4 Å². The number of carbonyl (C=O) groups is 1. The van der Waals surface area contributed by atoms with Gasteiger partial charge in [0.05, 0.1) is 5.52 Å². The van der Waals surface area contributed by atoms with Crippen LogP contribution in [0.4, 0.5) is 5.82 Å². The summed E-state index contributed by atoms with van der Waals surface area (Å²) in [7, 11) is 0.